The van der Waals surface area contributed by atoms with Crippen LogP contribution in [0.5, 0.6) is 0 Å². The second-order valence-corrected chi connectivity index (χ2v) is 6.57. The number of fused-ring (bicyclic) bond motifs is 2. The number of carbonyl (C=O) groups is 1. The number of nitrogens with zero attached hydrogens (tertiary/aromatic N) is 2. The van der Waals surface area contributed by atoms with E-state index in [1.54, 1.807) is 34.9 Å². The largest absolute Gasteiger partial charge is 0.348 e. The second kappa shape index (κ2) is 6.33. The average molecular weight is 354 g/mol. The zero-order chi connectivity index (χ0) is 17.4. The van der Waals surface area contributed by atoms with Crippen LogP contribution in [0.25, 0.3) is 10.9 Å². The molecule has 1 aromatic heterocycles. The Labute approximate surface area is 149 Å². The molecule has 2 aromatic carbocycles. The maximum Gasteiger partial charge on any atom is 0.261 e. The van der Waals surface area contributed by atoms with E-state index in [1.165, 1.54) is 0 Å². The average Bonchev–Trinajstić information content (AvgIpc) is 3.09. The maximum atomic E-state index is 12.5. The Bertz CT molecular complexity index is 1030. The number of hydrogen-bond donors (Lipinski definition) is 1. The number of aryl methyl sites for hydroxylation is 1. The minimum atomic E-state index is -0.195. The highest BCUT2D eigenvalue weighted by Crippen LogP contribution is 2.16. The first-order valence-corrected chi connectivity index (χ1v) is 8.56. The van der Waals surface area contributed by atoms with Crippen LogP contribution in [0.2, 0.25) is 5.02 Å². The highest BCUT2D eigenvalue weighted by molar-refractivity contribution is 6.30. The molecule has 0 aliphatic carbocycles. The number of hydrogen-bond acceptors (Lipinski definition) is 3. The minimum Gasteiger partial charge on any atom is -0.348 e. The lowest BCUT2D eigenvalue weighted by atomic mass is 10.1. The summed E-state index contributed by atoms with van der Waals surface area (Å²) in [5.74, 6) is 0.607. The lowest BCUT2D eigenvalue weighted by molar-refractivity contribution is 0.0951. The van der Waals surface area contributed by atoms with Gasteiger partial charge in [-0.25, -0.2) is 4.98 Å². The van der Waals surface area contributed by atoms with Crippen molar-refractivity contribution in [3.63, 3.8) is 0 Å². The Balaban J connectivity index is 1.58. The fourth-order valence-electron chi connectivity index (χ4n) is 3.11. The van der Waals surface area contributed by atoms with Crippen LogP contribution in [-0.2, 0) is 19.5 Å². The van der Waals surface area contributed by atoms with E-state index in [4.69, 9.17) is 11.6 Å². The van der Waals surface area contributed by atoms with E-state index in [1.807, 2.05) is 12.1 Å². The van der Waals surface area contributed by atoms with Crippen molar-refractivity contribution in [2.24, 2.45) is 0 Å². The van der Waals surface area contributed by atoms with E-state index in [-0.39, 0.29) is 11.5 Å². The molecule has 5 nitrogen and oxygen atoms in total. The summed E-state index contributed by atoms with van der Waals surface area (Å²) in [6.45, 7) is 1.13. The van der Waals surface area contributed by atoms with Gasteiger partial charge in [0.1, 0.15) is 5.82 Å². The van der Waals surface area contributed by atoms with Crippen LogP contribution >= 0.6 is 11.6 Å². The van der Waals surface area contributed by atoms with Gasteiger partial charge in [0.15, 0.2) is 0 Å². The fourth-order valence-corrected chi connectivity index (χ4v) is 3.24. The third-order valence-electron chi connectivity index (χ3n) is 4.44. The predicted octanol–water partition coefficient (Wildman–Crippen LogP) is 2.93. The summed E-state index contributed by atoms with van der Waals surface area (Å²) in [6, 6.07) is 12.4. The van der Waals surface area contributed by atoms with Crippen molar-refractivity contribution >= 4 is 28.4 Å². The molecule has 3 aromatic rings. The molecular weight excluding hydrogens is 338 g/mol. The van der Waals surface area contributed by atoms with Crippen LogP contribution in [0.15, 0.2) is 47.3 Å². The first kappa shape index (κ1) is 15.8. The number of carbonyl (C=O) groups excluding carboxylic acids is 1. The topological polar surface area (TPSA) is 64.0 Å². The van der Waals surface area contributed by atoms with Gasteiger partial charge in [0.2, 0.25) is 0 Å². The lowest BCUT2D eigenvalue weighted by Crippen LogP contribution is -2.24. The zero-order valence-corrected chi connectivity index (χ0v) is 14.2. The molecule has 25 heavy (non-hydrogen) atoms. The maximum absolute atomic E-state index is 12.5. The highest BCUT2D eigenvalue weighted by Gasteiger charge is 2.17. The van der Waals surface area contributed by atoms with Crippen molar-refractivity contribution in [1.82, 2.24) is 14.9 Å². The third kappa shape index (κ3) is 3.03. The van der Waals surface area contributed by atoms with Crippen LogP contribution in [-0.4, -0.2) is 15.5 Å². The van der Waals surface area contributed by atoms with E-state index in [0.717, 1.165) is 30.8 Å². The fraction of sp³-hybridized carbons (Fsp3) is 0.211. The Morgan fingerprint density at radius 1 is 1.20 bits per heavy atom. The summed E-state index contributed by atoms with van der Waals surface area (Å²) < 4.78 is 1.72. The Hall–Kier alpha value is -2.66. The number of aromatic nitrogens is 2. The molecule has 4 rings (SSSR count). The zero-order valence-electron chi connectivity index (χ0n) is 13.5. The van der Waals surface area contributed by atoms with Gasteiger partial charge in [-0.05, 0) is 42.3 Å². The van der Waals surface area contributed by atoms with Crippen molar-refractivity contribution in [2.45, 2.75) is 25.9 Å². The van der Waals surface area contributed by atoms with Gasteiger partial charge in [0.25, 0.3) is 11.5 Å². The molecule has 2 heterocycles. The summed E-state index contributed by atoms with van der Waals surface area (Å²) in [5.41, 5.74) is 2.02. The normalized spacial score (nSPS) is 13.0. The van der Waals surface area contributed by atoms with Crippen molar-refractivity contribution in [3.05, 3.63) is 74.8 Å². The van der Waals surface area contributed by atoms with E-state index < -0.39 is 0 Å². The molecule has 1 amide bonds. The van der Waals surface area contributed by atoms with Crippen LogP contribution in [0.3, 0.4) is 0 Å². The highest BCUT2D eigenvalue weighted by atomic mass is 35.5. The third-order valence-corrected chi connectivity index (χ3v) is 4.70. The summed E-state index contributed by atoms with van der Waals surface area (Å²) in [4.78, 5) is 29.4. The monoisotopic (exact) mass is 353 g/mol. The van der Waals surface area contributed by atoms with Gasteiger partial charge >= 0.3 is 0 Å². The smallest absolute Gasteiger partial charge is 0.261 e. The van der Waals surface area contributed by atoms with E-state index in [9.17, 15) is 9.59 Å². The predicted molar refractivity (Wildman–Crippen MR) is 96.9 cm³/mol. The molecule has 1 N–H and O–H groups in total. The van der Waals surface area contributed by atoms with Crippen molar-refractivity contribution < 1.29 is 4.79 Å². The van der Waals surface area contributed by atoms with Gasteiger partial charge in [0.05, 0.1) is 10.9 Å². The van der Waals surface area contributed by atoms with Gasteiger partial charge in [-0.2, -0.15) is 0 Å². The van der Waals surface area contributed by atoms with E-state index >= 15 is 0 Å². The van der Waals surface area contributed by atoms with Gasteiger partial charge in [0, 0.05) is 30.1 Å². The summed E-state index contributed by atoms with van der Waals surface area (Å²) in [7, 11) is 0. The minimum absolute atomic E-state index is 0.0226. The van der Waals surface area contributed by atoms with Gasteiger partial charge in [-0.1, -0.05) is 23.7 Å². The molecule has 0 saturated heterocycles. The molecule has 126 valence electrons. The van der Waals surface area contributed by atoms with Crippen LogP contribution in [0.1, 0.15) is 28.2 Å². The van der Waals surface area contributed by atoms with Gasteiger partial charge in [-0.15, -0.1) is 0 Å². The number of halogens is 1. The number of rotatable bonds is 3. The summed E-state index contributed by atoms with van der Waals surface area (Å²) in [6.07, 6.45) is 1.74. The number of amides is 1. The standard InChI is InChI=1S/C19H16ClN3O2/c20-14-6-3-12(4-7-14)11-21-18(24)13-5-8-15-16(10-13)22-17-2-1-9-23(17)19(15)25/h3-8,10H,1-2,9,11H2,(H,21,24). The summed E-state index contributed by atoms with van der Waals surface area (Å²) in [5, 5.41) is 4.09. The van der Waals surface area contributed by atoms with Crippen molar-refractivity contribution in [3.8, 4) is 0 Å². The molecule has 0 bridgehead atoms. The number of nitrogens with one attached hydrogen (secondary N) is 1. The lowest BCUT2D eigenvalue weighted by Gasteiger charge is -2.08. The SMILES string of the molecule is O=C(NCc1ccc(Cl)cc1)c1ccc2c(=O)n3c(nc2c1)CCC3. The van der Waals surface area contributed by atoms with Gasteiger partial charge < -0.3 is 5.32 Å². The Kier molecular flexibility index (Phi) is 4.01. The Morgan fingerprint density at radius 2 is 2.00 bits per heavy atom. The second-order valence-electron chi connectivity index (χ2n) is 6.13. The molecule has 6 heteroatoms. The molecule has 0 spiro atoms. The number of benzene rings is 2. The van der Waals surface area contributed by atoms with Gasteiger partial charge in [-0.3, -0.25) is 14.2 Å². The van der Waals surface area contributed by atoms with E-state index in [0.29, 0.717) is 28.0 Å². The molecule has 1 aliphatic rings. The molecule has 0 radical (unpaired) electrons. The quantitative estimate of drug-likeness (QED) is 0.787. The van der Waals surface area contributed by atoms with E-state index in [2.05, 4.69) is 10.3 Å². The van der Waals surface area contributed by atoms with Crippen LogP contribution < -0.4 is 10.9 Å². The first-order chi connectivity index (χ1) is 12.1. The molecule has 1 aliphatic heterocycles. The van der Waals surface area contributed by atoms with Crippen LogP contribution in [0.4, 0.5) is 0 Å². The molecular formula is C19H16ClN3O2. The molecule has 0 atom stereocenters. The van der Waals surface area contributed by atoms with Crippen LogP contribution in [0, 0.1) is 0 Å². The van der Waals surface area contributed by atoms with Crippen molar-refractivity contribution in [1.29, 1.82) is 0 Å². The molecule has 0 unspecified atom stereocenters. The molecule has 0 fully saturated rings. The van der Waals surface area contributed by atoms with Crippen molar-refractivity contribution in [2.75, 3.05) is 0 Å². The Morgan fingerprint density at radius 3 is 2.80 bits per heavy atom. The molecule has 0 saturated carbocycles. The first-order valence-electron chi connectivity index (χ1n) is 8.18. The summed E-state index contributed by atoms with van der Waals surface area (Å²) >= 11 is 5.86.